The minimum absolute atomic E-state index is 0. The molecule has 0 aromatic heterocycles. The van der Waals surface area contributed by atoms with Crippen molar-refractivity contribution in [2.45, 2.75) is 104 Å². The first-order valence-electron chi connectivity index (χ1n) is 10.4. The molecule has 0 bridgehead atoms. The van der Waals surface area contributed by atoms with E-state index in [1.165, 1.54) is 30.9 Å². The van der Waals surface area contributed by atoms with Crippen LogP contribution in [0, 0.1) is 18.8 Å². The fourth-order valence-corrected chi connectivity index (χ4v) is 5.63. The summed E-state index contributed by atoms with van der Waals surface area (Å²) in [5, 5.41) is 0.264. The minimum Gasteiger partial charge on any atom is -0.410 e. The van der Waals surface area contributed by atoms with Gasteiger partial charge in [0.15, 0.2) is 8.32 Å². The van der Waals surface area contributed by atoms with Crippen LogP contribution in [0.4, 0.5) is 0 Å². The molecule has 2 saturated heterocycles. The van der Waals surface area contributed by atoms with Crippen LogP contribution in [0.3, 0.4) is 0 Å². The zero-order valence-corrected chi connectivity index (χ0v) is 24.0. The summed E-state index contributed by atoms with van der Waals surface area (Å²) < 4.78 is 6.99. The minimum atomic E-state index is -1.76. The van der Waals surface area contributed by atoms with Crippen molar-refractivity contribution in [1.82, 2.24) is 4.90 Å². The van der Waals surface area contributed by atoms with E-state index in [1.54, 1.807) is 0 Å². The second-order valence-electron chi connectivity index (χ2n) is 10.8. The van der Waals surface area contributed by atoms with E-state index in [4.69, 9.17) is 4.43 Å². The van der Waals surface area contributed by atoms with Gasteiger partial charge in [-0.15, -0.1) is 6.08 Å². The van der Waals surface area contributed by atoms with E-state index in [2.05, 4.69) is 86.4 Å². The molecule has 2 fully saturated rings. The van der Waals surface area contributed by atoms with Crippen LogP contribution >= 0.6 is 0 Å². The third kappa shape index (κ3) is 8.03. The van der Waals surface area contributed by atoms with Crippen molar-refractivity contribution >= 4 is 8.32 Å². The van der Waals surface area contributed by atoms with E-state index in [9.17, 15) is 0 Å². The van der Waals surface area contributed by atoms with Crippen LogP contribution in [0.15, 0.2) is 11.6 Å². The molecule has 0 saturated carbocycles. The number of nitrogens with zero attached hydrogens (tertiary/aromatic N) is 1. The predicted octanol–water partition coefficient (Wildman–Crippen LogP) is 6.65. The first-order valence-corrected chi connectivity index (χ1v) is 13.3. The summed E-state index contributed by atoms with van der Waals surface area (Å²) in [6.45, 7) is 29.1. The van der Waals surface area contributed by atoms with E-state index in [0.29, 0.717) is 12.0 Å². The molecule has 2 nitrogen and oxygen atoms in total. The molecule has 2 aliphatic heterocycles. The van der Waals surface area contributed by atoms with Gasteiger partial charge in [-0.1, -0.05) is 33.3 Å². The summed E-state index contributed by atoms with van der Waals surface area (Å²) in [7, 11) is -1.76. The average molecular weight is 445 g/mol. The monoisotopic (exact) mass is 443 g/mol. The molecule has 0 aliphatic carbocycles. The van der Waals surface area contributed by atoms with Gasteiger partial charge in [0.25, 0.3) is 0 Å². The average Bonchev–Trinajstić information content (AvgIpc) is 2.83. The molecule has 2 aliphatic rings. The number of piperidine rings is 1. The standard InChI is InChI=1S/C19H36NOSi.C4H9.Zn/c1-15(2)12-16-13-19(6,17-10-9-11-20(17)14-16)21-22(7,8)18(3,4)5;1-4(2)3;/h12,15,17H,1,9-11,13-14H2,2-8H3;1-3H3;/q2*-1;+2/b16-12-;;/t15-,17-,19-;;/m0../s1. The van der Waals surface area contributed by atoms with E-state index in [0.717, 1.165) is 13.0 Å². The maximum Gasteiger partial charge on any atom is 2.00 e. The Hall–Kier alpha value is 0.500. The topological polar surface area (TPSA) is 12.5 Å². The number of rotatable bonds is 3. The molecule has 2 rings (SSSR count). The Morgan fingerprint density at radius 2 is 1.81 bits per heavy atom. The van der Waals surface area contributed by atoms with Crippen molar-refractivity contribution in [1.29, 1.82) is 0 Å². The fraction of sp³-hybridized carbons (Fsp3) is 0.826. The van der Waals surface area contributed by atoms with Gasteiger partial charge in [0.1, 0.15) is 0 Å². The second kappa shape index (κ2) is 10.5. The zero-order valence-electron chi connectivity index (χ0n) is 20.0. The van der Waals surface area contributed by atoms with Crippen LogP contribution in [-0.2, 0) is 23.9 Å². The Balaban J connectivity index is 0.00000123. The molecule has 0 radical (unpaired) electrons. The quantitative estimate of drug-likeness (QED) is 0.274. The Labute approximate surface area is 184 Å². The molecule has 27 heavy (non-hydrogen) atoms. The second-order valence-corrected chi connectivity index (χ2v) is 15.5. The van der Waals surface area contributed by atoms with Crippen molar-refractivity contribution in [2.24, 2.45) is 5.92 Å². The van der Waals surface area contributed by atoms with Gasteiger partial charge in [0, 0.05) is 12.6 Å². The fourth-order valence-electron chi connectivity index (χ4n) is 3.95. The Kier molecular flexibility index (Phi) is 10.7. The van der Waals surface area contributed by atoms with E-state index >= 15 is 0 Å². The van der Waals surface area contributed by atoms with Crippen LogP contribution in [0.25, 0.3) is 0 Å². The van der Waals surface area contributed by atoms with Gasteiger partial charge < -0.3 is 17.3 Å². The SMILES string of the molecule is C[C-](C)C.[CH2-][C@@H](C)/C=C1\CN2CCC[C@H]2[C@@](C)(O[Si](C)(C)C(C)(C)C)C1.[Zn+2]. The molecule has 0 spiro atoms. The van der Waals surface area contributed by atoms with Crippen LogP contribution in [0.1, 0.15) is 74.7 Å². The number of allylic oxidation sites excluding steroid dienone is 1. The van der Waals surface area contributed by atoms with E-state index in [1.807, 2.05) is 0 Å². The smallest absolute Gasteiger partial charge is 0.410 e. The zero-order chi connectivity index (χ0) is 20.3. The molecule has 3 atom stereocenters. The molecule has 0 amide bonds. The molecule has 0 N–H and O–H groups in total. The molecule has 0 aromatic rings. The summed E-state index contributed by atoms with van der Waals surface area (Å²) >= 11 is 0. The van der Waals surface area contributed by atoms with Crippen molar-refractivity contribution in [3.8, 4) is 0 Å². The van der Waals surface area contributed by atoms with E-state index < -0.39 is 8.32 Å². The molecule has 0 unspecified atom stereocenters. The molecule has 4 heteroatoms. The van der Waals surface area contributed by atoms with Crippen molar-refractivity contribution in [2.75, 3.05) is 13.1 Å². The van der Waals surface area contributed by atoms with Crippen molar-refractivity contribution in [3.05, 3.63) is 24.5 Å². The predicted molar refractivity (Wildman–Crippen MR) is 119 cm³/mol. The summed E-state index contributed by atoms with van der Waals surface area (Å²) in [6.07, 6.45) is 6.05. The summed E-state index contributed by atoms with van der Waals surface area (Å²) in [6, 6.07) is 0.596. The van der Waals surface area contributed by atoms with Gasteiger partial charge >= 0.3 is 19.5 Å². The number of fused-ring (bicyclic) bond motifs is 1. The van der Waals surface area contributed by atoms with Gasteiger partial charge in [-0.25, -0.2) is 0 Å². The van der Waals surface area contributed by atoms with Crippen LogP contribution in [0.2, 0.25) is 18.1 Å². The van der Waals surface area contributed by atoms with Gasteiger partial charge in [-0.05, 0) is 50.9 Å². The molecule has 154 valence electrons. The largest absolute Gasteiger partial charge is 2.00 e. The first-order chi connectivity index (χ1) is 11.7. The molecule has 2 heterocycles. The maximum atomic E-state index is 6.99. The normalized spacial score (nSPS) is 29.0. The number of hydrogen-bond donors (Lipinski definition) is 0. The van der Waals surface area contributed by atoms with Crippen molar-refractivity contribution in [3.63, 3.8) is 0 Å². The van der Waals surface area contributed by atoms with Gasteiger partial charge in [-0.3, -0.25) is 4.90 Å². The summed E-state index contributed by atoms with van der Waals surface area (Å²) in [5.74, 6) is 1.80. The van der Waals surface area contributed by atoms with Gasteiger partial charge in [-0.2, -0.15) is 26.7 Å². The number of hydrogen-bond acceptors (Lipinski definition) is 2. The Morgan fingerprint density at radius 3 is 2.26 bits per heavy atom. The third-order valence-corrected chi connectivity index (χ3v) is 10.5. The summed E-state index contributed by atoms with van der Waals surface area (Å²) in [5.41, 5.74) is 1.50. The van der Waals surface area contributed by atoms with Crippen LogP contribution in [0.5, 0.6) is 0 Å². The first kappa shape index (κ1) is 27.5. The third-order valence-electron chi connectivity index (χ3n) is 5.87. The van der Waals surface area contributed by atoms with Gasteiger partial charge in [0.2, 0.25) is 0 Å². The van der Waals surface area contributed by atoms with Crippen molar-refractivity contribution < 1.29 is 23.9 Å². The Morgan fingerprint density at radius 1 is 1.30 bits per heavy atom. The van der Waals surface area contributed by atoms with Crippen LogP contribution < -0.4 is 0 Å². The molecular formula is C23H45NOSiZn. The maximum absolute atomic E-state index is 6.99. The molecule has 0 aromatic carbocycles. The van der Waals surface area contributed by atoms with E-state index in [-0.39, 0.29) is 30.1 Å². The van der Waals surface area contributed by atoms with Crippen LogP contribution in [-0.4, -0.2) is 37.9 Å². The van der Waals surface area contributed by atoms with Gasteiger partial charge in [0.05, 0.1) is 5.60 Å². The summed E-state index contributed by atoms with van der Waals surface area (Å²) in [4.78, 5) is 2.66. The molecular weight excluding hydrogens is 400 g/mol. The Bertz CT molecular complexity index is 479.